The van der Waals surface area contributed by atoms with Gasteiger partial charge in [-0.25, -0.2) is 9.80 Å². The number of carbonyl (C=O) groups excluding carboxylic acids is 6. The van der Waals surface area contributed by atoms with Gasteiger partial charge in [0.2, 0.25) is 0 Å². The van der Waals surface area contributed by atoms with Crippen LogP contribution in [0.5, 0.6) is 11.5 Å². The summed E-state index contributed by atoms with van der Waals surface area (Å²) in [7, 11) is 0. The molecule has 0 atom stereocenters. The third-order valence-electron chi connectivity index (χ3n) is 9.28. The van der Waals surface area contributed by atoms with Crippen LogP contribution in [-0.2, 0) is 0 Å². The summed E-state index contributed by atoms with van der Waals surface area (Å²) in [5, 5.41) is 5.61. The first-order valence-electron chi connectivity index (χ1n) is 17.8. The molecule has 0 radical (unpaired) electrons. The van der Waals surface area contributed by atoms with Crippen molar-refractivity contribution in [3.05, 3.63) is 180 Å². The van der Waals surface area contributed by atoms with Gasteiger partial charge in [-0.05, 0) is 90.5 Å². The zero-order valence-electron chi connectivity index (χ0n) is 30.4. The topological polar surface area (TPSA) is 177 Å². The van der Waals surface area contributed by atoms with E-state index in [0.717, 1.165) is 9.80 Å². The van der Waals surface area contributed by atoms with Crippen LogP contribution in [-0.4, -0.2) is 58.6 Å². The fourth-order valence-electron chi connectivity index (χ4n) is 6.41. The zero-order valence-corrected chi connectivity index (χ0v) is 30.4. The summed E-state index contributed by atoms with van der Waals surface area (Å²) in [5.74, 6) is -2.56. The first kappa shape index (κ1) is 36.7. The van der Waals surface area contributed by atoms with Crippen LogP contribution in [0.15, 0.2) is 146 Å². The summed E-state index contributed by atoms with van der Waals surface area (Å²) in [6.07, 6.45) is 5.89. The molecule has 6 aromatic rings. The normalized spacial score (nSPS) is 12.9. The molecule has 0 aliphatic carbocycles. The van der Waals surface area contributed by atoms with E-state index in [-0.39, 0.29) is 69.7 Å². The lowest BCUT2D eigenvalue weighted by Gasteiger charge is -2.20. The van der Waals surface area contributed by atoms with Crippen LogP contribution in [0.3, 0.4) is 0 Å². The molecular weight excluding hydrogens is 741 g/mol. The Labute approximate surface area is 330 Å². The monoisotopic (exact) mass is 770 g/mol. The molecule has 2 N–H and O–H groups in total. The molecule has 4 aromatic carbocycles. The van der Waals surface area contributed by atoms with Gasteiger partial charge in [0.05, 0.1) is 45.0 Å². The molecule has 0 unspecified atom stereocenters. The number of nitrogens with one attached hydrogen (secondary N) is 2. The van der Waals surface area contributed by atoms with Crippen molar-refractivity contribution in [2.45, 2.75) is 0 Å². The van der Waals surface area contributed by atoms with E-state index in [2.05, 4.69) is 27.2 Å². The molecule has 0 saturated carbocycles. The minimum atomic E-state index is -0.501. The van der Waals surface area contributed by atoms with Crippen molar-refractivity contribution in [1.82, 2.24) is 9.97 Å². The third-order valence-corrected chi connectivity index (χ3v) is 9.28. The van der Waals surface area contributed by atoms with Gasteiger partial charge in [0.25, 0.3) is 35.4 Å². The number of nitrogens with zero attached hydrogens (tertiary/aromatic N) is 4. The molecule has 0 bridgehead atoms. The zero-order chi connectivity index (χ0) is 40.3. The van der Waals surface area contributed by atoms with Crippen LogP contribution in [0.4, 0.5) is 22.7 Å². The number of benzene rings is 4. The van der Waals surface area contributed by atoms with Gasteiger partial charge in [-0.1, -0.05) is 30.8 Å². The van der Waals surface area contributed by atoms with Gasteiger partial charge >= 0.3 is 0 Å². The maximum atomic E-state index is 13.3. The minimum absolute atomic E-state index is 0.101. The van der Waals surface area contributed by atoms with E-state index in [9.17, 15) is 28.8 Å². The van der Waals surface area contributed by atoms with Crippen molar-refractivity contribution in [3.63, 3.8) is 0 Å². The molecule has 0 fully saturated rings. The van der Waals surface area contributed by atoms with Gasteiger partial charge in [0.1, 0.15) is 24.7 Å². The Bertz CT molecular complexity index is 2430. The highest BCUT2D eigenvalue weighted by Gasteiger charge is 2.38. The van der Waals surface area contributed by atoms with E-state index < -0.39 is 35.4 Å². The van der Waals surface area contributed by atoms with Crippen molar-refractivity contribution in [1.29, 1.82) is 0 Å². The first-order valence-corrected chi connectivity index (χ1v) is 17.8. The summed E-state index contributed by atoms with van der Waals surface area (Å²) >= 11 is 0. The van der Waals surface area contributed by atoms with E-state index in [0.29, 0.717) is 16.7 Å². The molecule has 6 amide bonds. The van der Waals surface area contributed by atoms with Crippen molar-refractivity contribution < 1.29 is 38.2 Å². The summed E-state index contributed by atoms with van der Waals surface area (Å²) in [6.45, 7) is 3.87. The van der Waals surface area contributed by atoms with Gasteiger partial charge in [-0.2, -0.15) is 0 Å². The molecule has 0 saturated heterocycles. The summed E-state index contributed by atoms with van der Waals surface area (Å²) in [5.41, 5.74) is 2.92. The summed E-state index contributed by atoms with van der Waals surface area (Å²) in [6, 6.07) is 28.2. The Morgan fingerprint density at radius 2 is 0.862 bits per heavy atom. The quantitative estimate of drug-likeness (QED) is 0.102. The molecular formula is C44H30N6O8. The molecule has 14 heteroatoms. The molecule has 8 rings (SSSR count). The van der Waals surface area contributed by atoms with Gasteiger partial charge in [0.15, 0.2) is 0 Å². The molecule has 4 heterocycles. The SMILES string of the molecule is C=C(COc1ccc(N2C(=O)c3ccccc3C2=O)cc1NC(=O)c1ccncc1)COc1ccc(N2C(=O)c3ccccc3C2=O)cc1NC(=O)c1ccncc1. The average molecular weight is 771 g/mol. The van der Waals surface area contributed by atoms with Crippen molar-refractivity contribution in [3.8, 4) is 11.5 Å². The molecule has 284 valence electrons. The van der Waals surface area contributed by atoms with Gasteiger partial charge in [0, 0.05) is 35.9 Å². The van der Waals surface area contributed by atoms with E-state index in [1.54, 1.807) is 48.5 Å². The predicted octanol–water partition coefficient (Wildman–Crippen LogP) is 6.60. The number of anilines is 4. The van der Waals surface area contributed by atoms with Crippen LogP contribution in [0.2, 0.25) is 0 Å². The molecule has 58 heavy (non-hydrogen) atoms. The number of carbonyl (C=O) groups is 6. The number of aromatic nitrogens is 2. The molecule has 0 spiro atoms. The number of hydrogen-bond donors (Lipinski definition) is 2. The Morgan fingerprint density at radius 1 is 0.517 bits per heavy atom. The maximum Gasteiger partial charge on any atom is 0.266 e. The lowest BCUT2D eigenvalue weighted by atomic mass is 10.1. The van der Waals surface area contributed by atoms with Crippen LogP contribution >= 0.6 is 0 Å². The highest BCUT2D eigenvalue weighted by Crippen LogP contribution is 2.37. The second kappa shape index (κ2) is 15.5. The summed E-state index contributed by atoms with van der Waals surface area (Å²) in [4.78, 5) is 89.5. The fraction of sp³-hybridized carbons (Fsp3) is 0.0455. The average Bonchev–Trinajstić information content (AvgIpc) is 3.66. The van der Waals surface area contributed by atoms with Crippen LogP contribution in [0, 0.1) is 0 Å². The maximum absolute atomic E-state index is 13.3. The Hall–Kier alpha value is -8.26. The predicted molar refractivity (Wildman–Crippen MR) is 213 cm³/mol. The van der Waals surface area contributed by atoms with Gasteiger partial charge in [-0.15, -0.1) is 0 Å². The van der Waals surface area contributed by atoms with Crippen molar-refractivity contribution in [2.24, 2.45) is 0 Å². The highest BCUT2D eigenvalue weighted by atomic mass is 16.5. The van der Waals surface area contributed by atoms with E-state index in [1.807, 2.05) is 0 Å². The number of fused-ring (bicyclic) bond motifs is 2. The van der Waals surface area contributed by atoms with Gasteiger partial charge < -0.3 is 20.1 Å². The van der Waals surface area contributed by atoms with Crippen LogP contribution in [0.25, 0.3) is 0 Å². The number of ether oxygens (including phenoxy) is 2. The van der Waals surface area contributed by atoms with E-state index in [4.69, 9.17) is 9.47 Å². The number of amides is 6. The molecule has 2 aliphatic rings. The Kier molecular flexibility index (Phi) is 9.79. The van der Waals surface area contributed by atoms with Gasteiger partial charge in [-0.3, -0.25) is 38.7 Å². The standard InChI is InChI=1S/C44H30N6O8/c1-26(24-57-37-12-10-29(22-35(37)47-39(51)27-14-18-45-19-15-27)49-41(53)31-6-2-3-7-32(31)42(49)54)25-58-38-13-11-30(23-36(38)48-40(52)28-16-20-46-21-17-28)50-43(55)33-8-4-5-9-34(33)44(50)56/h2-23H,1,24-25H2,(H,47,51)(H,48,52). The van der Waals surface area contributed by atoms with Crippen LogP contribution in [0.1, 0.15) is 62.1 Å². The first-order chi connectivity index (χ1) is 28.2. The molecule has 14 nitrogen and oxygen atoms in total. The fourth-order valence-corrected chi connectivity index (χ4v) is 6.41. The Morgan fingerprint density at radius 3 is 1.21 bits per heavy atom. The lowest BCUT2D eigenvalue weighted by Crippen LogP contribution is -2.29. The second-order valence-electron chi connectivity index (χ2n) is 13.1. The second-order valence-corrected chi connectivity index (χ2v) is 13.1. The largest absolute Gasteiger partial charge is 0.487 e. The van der Waals surface area contributed by atoms with Crippen molar-refractivity contribution in [2.75, 3.05) is 33.6 Å². The highest BCUT2D eigenvalue weighted by molar-refractivity contribution is 6.35. The Balaban J connectivity index is 1.01. The number of rotatable bonds is 12. The van der Waals surface area contributed by atoms with E-state index in [1.165, 1.54) is 85.5 Å². The van der Waals surface area contributed by atoms with E-state index >= 15 is 0 Å². The van der Waals surface area contributed by atoms with Crippen LogP contribution < -0.4 is 29.9 Å². The smallest absolute Gasteiger partial charge is 0.266 e. The number of hydrogen-bond acceptors (Lipinski definition) is 10. The molecule has 2 aliphatic heterocycles. The minimum Gasteiger partial charge on any atom is -0.487 e. The third kappa shape index (κ3) is 7.04. The summed E-state index contributed by atoms with van der Waals surface area (Å²) < 4.78 is 12.2. The van der Waals surface area contributed by atoms with Crippen molar-refractivity contribution >= 4 is 58.2 Å². The number of pyridine rings is 2. The number of imide groups is 2. The molecule has 2 aromatic heterocycles. The lowest BCUT2D eigenvalue weighted by molar-refractivity contribution is 0.0910.